The molecule has 2 aliphatic heterocycles. The zero-order valence-corrected chi connectivity index (χ0v) is 11.7. The molecule has 1 fully saturated rings. The summed E-state index contributed by atoms with van der Waals surface area (Å²) in [5, 5.41) is 19.9. The Labute approximate surface area is 126 Å². The molecule has 8 nitrogen and oxygen atoms in total. The molecule has 0 aromatic heterocycles. The van der Waals surface area contributed by atoms with Crippen molar-refractivity contribution in [2.75, 3.05) is 26.3 Å². The third kappa shape index (κ3) is 2.77. The molecule has 3 rings (SSSR count). The zero-order chi connectivity index (χ0) is 15.5. The summed E-state index contributed by atoms with van der Waals surface area (Å²) in [4.78, 5) is 16.5. The number of rotatable bonds is 3. The Morgan fingerprint density at radius 1 is 1.32 bits per heavy atom. The number of benzene rings is 1. The van der Waals surface area contributed by atoms with Crippen LogP contribution in [0.4, 0.5) is 5.69 Å². The lowest BCUT2D eigenvalue weighted by molar-refractivity contribution is -0.384. The van der Waals surface area contributed by atoms with Crippen LogP contribution in [0.25, 0.3) is 0 Å². The molecule has 2 atom stereocenters. The zero-order valence-electron chi connectivity index (χ0n) is 11.7. The van der Waals surface area contributed by atoms with Crippen LogP contribution in [-0.2, 0) is 9.47 Å². The number of aliphatic imine (C=N–C) groups is 1. The molecular weight excluding hydrogens is 288 g/mol. The van der Waals surface area contributed by atoms with Crippen molar-refractivity contribution in [2.45, 2.75) is 12.3 Å². The molecule has 1 saturated heterocycles. The maximum Gasteiger partial charge on any atom is 0.269 e. The molecule has 0 N–H and O–H groups in total. The summed E-state index contributed by atoms with van der Waals surface area (Å²) in [6, 6.07) is 7.47. The van der Waals surface area contributed by atoms with Gasteiger partial charge in [-0.15, -0.1) is 0 Å². The van der Waals surface area contributed by atoms with Crippen LogP contribution in [0.1, 0.15) is 5.56 Å². The summed E-state index contributed by atoms with van der Waals surface area (Å²) in [7, 11) is 0. The van der Waals surface area contributed by atoms with Gasteiger partial charge < -0.3 is 9.47 Å². The Morgan fingerprint density at radius 2 is 2.00 bits per heavy atom. The highest BCUT2D eigenvalue weighted by atomic mass is 16.6. The van der Waals surface area contributed by atoms with Gasteiger partial charge in [-0.1, -0.05) is 0 Å². The van der Waals surface area contributed by atoms with Crippen molar-refractivity contribution in [1.29, 1.82) is 5.26 Å². The largest absolute Gasteiger partial charge is 0.455 e. The summed E-state index contributed by atoms with van der Waals surface area (Å²) >= 11 is 0. The van der Waals surface area contributed by atoms with Gasteiger partial charge in [-0.3, -0.25) is 15.0 Å². The van der Waals surface area contributed by atoms with E-state index in [2.05, 4.69) is 11.1 Å². The summed E-state index contributed by atoms with van der Waals surface area (Å²) < 4.78 is 11.1. The number of nitro benzene ring substituents is 1. The summed E-state index contributed by atoms with van der Waals surface area (Å²) in [5.74, 6) is 0.345. The van der Waals surface area contributed by atoms with E-state index < -0.39 is 17.2 Å². The second-order valence-corrected chi connectivity index (χ2v) is 4.97. The number of ether oxygens (including phenoxy) is 2. The van der Waals surface area contributed by atoms with Crippen LogP contribution in [0, 0.1) is 21.4 Å². The van der Waals surface area contributed by atoms with E-state index in [0.29, 0.717) is 37.8 Å². The smallest absolute Gasteiger partial charge is 0.269 e. The molecule has 8 heteroatoms. The second-order valence-electron chi connectivity index (χ2n) is 4.97. The molecule has 0 radical (unpaired) electrons. The first-order valence-electron chi connectivity index (χ1n) is 6.90. The van der Waals surface area contributed by atoms with Gasteiger partial charge in [0.1, 0.15) is 0 Å². The highest BCUT2D eigenvalue weighted by molar-refractivity contribution is 5.95. The van der Waals surface area contributed by atoms with E-state index >= 15 is 0 Å². The van der Waals surface area contributed by atoms with Crippen molar-refractivity contribution in [3.63, 3.8) is 0 Å². The quantitative estimate of drug-likeness (QED) is 0.608. The standard InChI is InChI=1S/C14H14N4O4/c15-9-12-14(17-5-7-21-8-6-17)22-13(16-12)10-1-3-11(4-2-10)18(19)20/h1-4,12,14H,5-8H2. The summed E-state index contributed by atoms with van der Waals surface area (Å²) in [5.41, 5.74) is 0.630. The molecule has 0 bridgehead atoms. The van der Waals surface area contributed by atoms with Crippen LogP contribution in [-0.4, -0.2) is 54.3 Å². The Balaban J connectivity index is 1.77. The van der Waals surface area contributed by atoms with Crippen molar-refractivity contribution in [1.82, 2.24) is 4.90 Å². The number of morpholine rings is 1. The van der Waals surface area contributed by atoms with E-state index in [1.165, 1.54) is 12.1 Å². The average Bonchev–Trinajstić information content (AvgIpc) is 3.00. The third-order valence-corrected chi connectivity index (χ3v) is 3.62. The first kappa shape index (κ1) is 14.4. The number of non-ortho nitro benzene ring substituents is 1. The van der Waals surface area contributed by atoms with E-state index in [9.17, 15) is 15.4 Å². The fourth-order valence-corrected chi connectivity index (χ4v) is 2.47. The van der Waals surface area contributed by atoms with E-state index in [1.54, 1.807) is 12.1 Å². The predicted molar refractivity (Wildman–Crippen MR) is 76.3 cm³/mol. The van der Waals surface area contributed by atoms with Gasteiger partial charge in [0.05, 0.1) is 24.2 Å². The van der Waals surface area contributed by atoms with Crippen molar-refractivity contribution in [3.05, 3.63) is 39.9 Å². The van der Waals surface area contributed by atoms with Crippen molar-refractivity contribution in [3.8, 4) is 6.07 Å². The number of hydrogen-bond donors (Lipinski definition) is 0. The minimum Gasteiger partial charge on any atom is -0.455 e. The van der Waals surface area contributed by atoms with Gasteiger partial charge in [-0.2, -0.15) is 5.26 Å². The van der Waals surface area contributed by atoms with E-state index in [4.69, 9.17) is 9.47 Å². The molecule has 0 spiro atoms. The van der Waals surface area contributed by atoms with Gasteiger partial charge in [-0.05, 0) is 12.1 Å². The van der Waals surface area contributed by atoms with Gasteiger partial charge in [0.2, 0.25) is 5.90 Å². The van der Waals surface area contributed by atoms with Crippen LogP contribution in [0.5, 0.6) is 0 Å². The van der Waals surface area contributed by atoms with Crippen LogP contribution >= 0.6 is 0 Å². The first-order chi connectivity index (χ1) is 10.7. The molecule has 0 amide bonds. The molecule has 22 heavy (non-hydrogen) atoms. The SMILES string of the molecule is N#CC1N=C(c2ccc([N+](=O)[O-])cc2)OC1N1CCOCC1. The number of hydrogen-bond acceptors (Lipinski definition) is 7. The normalized spacial score (nSPS) is 25.1. The van der Waals surface area contributed by atoms with Crippen molar-refractivity contribution in [2.24, 2.45) is 4.99 Å². The molecule has 2 unspecified atom stereocenters. The topological polar surface area (TPSA) is 101 Å². The second kappa shape index (κ2) is 6.09. The van der Waals surface area contributed by atoms with Crippen molar-refractivity contribution >= 4 is 11.6 Å². The average molecular weight is 302 g/mol. The maximum absolute atomic E-state index is 10.7. The minimum atomic E-state index is -0.608. The van der Waals surface area contributed by atoms with Crippen molar-refractivity contribution < 1.29 is 14.4 Å². The Hall–Kier alpha value is -2.50. The van der Waals surface area contributed by atoms with E-state index in [1.807, 2.05) is 4.90 Å². The number of nitro groups is 1. The molecule has 2 aliphatic rings. The van der Waals surface area contributed by atoms with Crippen LogP contribution in [0.15, 0.2) is 29.3 Å². The lowest BCUT2D eigenvalue weighted by Crippen LogP contribution is -2.47. The van der Waals surface area contributed by atoms with Gasteiger partial charge in [0, 0.05) is 30.8 Å². The fourth-order valence-electron chi connectivity index (χ4n) is 2.47. The van der Waals surface area contributed by atoms with Crippen LogP contribution in [0.2, 0.25) is 0 Å². The molecule has 0 saturated carbocycles. The number of nitrogens with zero attached hydrogens (tertiary/aromatic N) is 4. The van der Waals surface area contributed by atoms with Gasteiger partial charge in [0.25, 0.3) is 5.69 Å². The van der Waals surface area contributed by atoms with Crippen LogP contribution in [0.3, 0.4) is 0 Å². The molecule has 114 valence electrons. The van der Waals surface area contributed by atoms with Gasteiger partial charge in [0.15, 0.2) is 12.3 Å². The van der Waals surface area contributed by atoms with E-state index in [-0.39, 0.29) is 5.69 Å². The molecule has 0 aliphatic carbocycles. The predicted octanol–water partition coefficient (Wildman–Crippen LogP) is 0.922. The van der Waals surface area contributed by atoms with Gasteiger partial charge in [-0.25, -0.2) is 4.99 Å². The van der Waals surface area contributed by atoms with E-state index in [0.717, 1.165) is 0 Å². The van der Waals surface area contributed by atoms with Crippen LogP contribution < -0.4 is 0 Å². The summed E-state index contributed by atoms with van der Waals surface area (Å²) in [6.45, 7) is 2.58. The lowest BCUT2D eigenvalue weighted by atomic mass is 10.2. The lowest BCUT2D eigenvalue weighted by Gasteiger charge is -2.32. The van der Waals surface area contributed by atoms with Gasteiger partial charge >= 0.3 is 0 Å². The molecule has 2 heterocycles. The molecule has 1 aromatic carbocycles. The Morgan fingerprint density at radius 3 is 2.59 bits per heavy atom. The first-order valence-corrected chi connectivity index (χ1v) is 6.90. The minimum absolute atomic E-state index is 0.00362. The monoisotopic (exact) mass is 302 g/mol. The third-order valence-electron chi connectivity index (χ3n) is 3.62. The highest BCUT2D eigenvalue weighted by Crippen LogP contribution is 2.23. The number of nitriles is 1. The molecule has 1 aromatic rings. The fraction of sp³-hybridized carbons (Fsp3) is 0.429. The summed E-state index contributed by atoms with van der Waals surface area (Å²) in [6.07, 6.45) is -0.431. The Bertz CT molecular complexity index is 631. The highest BCUT2D eigenvalue weighted by Gasteiger charge is 2.37. The Kier molecular flexibility index (Phi) is 4.00. The maximum atomic E-state index is 10.7. The molecular formula is C14H14N4O4.